The van der Waals surface area contributed by atoms with Crippen LogP contribution in [-0.4, -0.2) is 57.9 Å². The minimum absolute atomic E-state index is 0.163. The van der Waals surface area contributed by atoms with E-state index in [2.05, 4.69) is 20.9 Å². The molecular formula is C19H24N6O2. The highest BCUT2D eigenvalue weighted by atomic mass is 16.2. The molecule has 1 aromatic carbocycles. The van der Waals surface area contributed by atoms with Gasteiger partial charge in [0.1, 0.15) is 6.04 Å². The normalized spacial score (nSPS) is 21.1. The van der Waals surface area contributed by atoms with Crippen LogP contribution in [0.3, 0.4) is 0 Å². The number of piperazine rings is 1. The van der Waals surface area contributed by atoms with Crippen molar-refractivity contribution in [1.29, 1.82) is 0 Å². The van der Waals surface area contributed by atoms with E-state index in [0.717, 1.165) is 37.2 Å². The Morgan fingerprint density at radius 2 is 1.89 bits per heavy atom. The molecule has 3 heterocycles. The van der Waals surface area contributed by atoms with Crippen molar-refractivity contribution in [2.45, 2.75) is 31.8 Å². The number of amides is 2. The lowest BCUT2D eigenvalue weighted by Crippen LogP contribution is -2.52. The Balaban J connectivity index is 1.63. The van der Waals surface area contributed by atoms with E-state index in [1.807, 2.05) is 41.9 Å². The fourth-order valence-corrected chi connectivity index (χ4v) is 3.92. The number of piperidine rings is 1. The van der Waals surface area contributed by atoms with Crippen molar-refractivity contribution in [2.75, 3.05) is 26.2 Å². The largest absolute Gasteiger partial charge is 0.352 e. The zero-order valence-corrected chi connectivity index (χ0v) is 15.4. The third-order valence-corrected chi connectivity index (χ3v) is 5.37. The van der Waals surface area contributed by atoms with Gasteiger partial charge in [-0.25, -0.2) is 4.68 Å². The van der Waals surface area contributed by atoms with Gasteiger partial charge in [-0.15, -0.1) is 5.10 Å². The van der Waals surface area contributed by atoms with Crippen LogP contribution in [0.5, 0.6) is 0 Å². The molecule has 2 saturated heterocycles. The summed E-state index contributed by atoms with van der Waals surface area (Å²) in [7, 11) is 0. The first kappa shape index (κ1) is 17.7. The summed E-state index contributed by atoms with van der Waals surface area (Å²) < 4.78 is 1.87. The Hall–Kier alpha value is -2.74. The maximum absolute atomic E-state index is 13.3. The number of nitrogens with one attached hydrogen (secondary N) is 2. The number of carbonyl (C=O) groups excluding carboxylic acids is 2. The molecule has 0 radical (unpaired) electrons. The molecule has 1 aromatic heterocycles. The Morgan fingerprint density at radius 3 is 2.63 bits per heavy atom. The third-order valence-electron chi connectivity index (χ3n) is 5.37. The second-order valence-corrected chi connectivity index (χ2v) is 7.05. The first-order valence-corrected chi connectivity index (χ1v) is 9.43. The molecule has 0 spiro atoms. The molecule has 0 unspecified atom stereocenters. The highest BCUT2D eigenvalue weighted by Gasteiger charge is 2.37. The summed E-state index contributed by atoms with van der Waals surface area (Å²) in [6.07, 6.45) is 1.94. The topological polar surface area (TPSA) is 92.2 Å². The summed E-state index contributed by atoms with van der Waals surface area (Å²) in [5, 5.41) is 14.6. The van der Waals surface area contributed by atoms with Gasteiger partial charge in [-0.3, -0.25) is 9.59 Å². The lowest BCUT2D eigenvalue weighted by molar-refractivity contribution is -0.128. The van der Waals surface area contributed by atoms with Crippen LogP contribution in [0.15, 0.2) is 30.3 Å². The third kappa shape index (κ3) is 3.32. The Kier molecular flexibility index (Phi) is 4.89. The Labute approximate surface area is 157 Å². The highest BCUT2D eigenvalue weighted by Crippen LogP contribution is 2.26. The first-order chi connectivity index (χ1) is 13.2. The summed E-state index contributed by atoms with van der Waals surface area (Å²) >= 11 is 0. The fourth-order valence-electron chi connectivity index (χ4n) is 3.92. The smallest absolute Gasteiger partial charge is 0.277 e. The molecule has 8 heteroatoms. The lowest BCUT2D eigenvalue weighted by Gasteiger charge is -2.35. The number of hydrogen-bond donors (Lipinski definition) is 2. The molecule has 2 aliphatic heterocycles. The SMILES string of the molecule is Cc1c(C(=O)N2CCNC(=O)[C@@H]2c2ccccc2)nnn1C1CCNCC1. The van der Waals surface area contributed by atoms with E-state index in [1.165, 1.54) is 0 Å². The van der Waals surface area contributed by atoms with Gasteiger partial charge in [0.05, 0.1) is 11.7 Å². The highest BCUT2D eigenvalue weighted by molar-refractivity contribution is 5.97. The number of rotatable bonds is 3. The molecule has 2 fully saturated rings. The molecule has 8 nitrogen and oxygen atoms in total. The standard InChI is InChI=1S/C19H24N6O2/c1-13-16(22-23-25(13)15-7-9-20-10-8-15)19(27)24-12-11-21-18(26)17(24)14-5-3-2-4-6-14/h2-6,15,17,20H,7-12H2,1H3,(H,21,26)/t17-/m0/s1. The van der Waals surface area contributed by atoms with Crippen LogP contribution >= 0.6 is 0 Å². The quantitative estimate of drug-likeness (QED) is 0.837. The van der Waals surface area contributed by atoms with Crippen LogP contribution in [0.2, 0.25) is 0 Å². The molecule has 2 N–H and O–H groups in total. The zero-order valence-electron chi connectivity index (χ0n) is 15.4. The lowest BCUT2D eigenvalue weighted by atomic mass is 10.0. The van der Waals surface area contributed by atoms with Gasteiger partial charge < -0.3 is 15.5 Å². The average molecular weight is 368 g/mol. The van der Waals surface area contributed by atoms with Crippen LogP contribution in [0.25, 0.3) is 0 Å². The van der Waals surface area contributed by atoms with Gasteiger partial charge in [-0.1, -0.05) is 35.5 Å². The van der Waals surface area contributed by atoms with Crippen LogP contribution in [0.4, 0.5) is 0 Å². The number of carbonyl (C=O) groups is 2. The van der Waals surface area contributed by atoms with E-state index in [0.29, 0.717) is 18.8 Å². The molecule has 27 heavy (non-hydrogen) atoms. The second kappa shape index (κ2) is 7.48. The van der Waals surface area contributed by atoms with E-state index in [-0.39, 0.29) is 17.9 Å². The van der Waals surface area contributed by atoms with Crippen LogP contribution in [0, 0.1) is 6.92 Å². The molecule has 0 aliphatic carbocycles. The molecule has 2 amide bonds. The van der Waals surface area contributed by atoms with Crippen LogP contribution in [0.1, 0.15) is 46.7 Å². The van der Waals surface area contributed by atoms with Gasteiger partial charge >= 0.3 is 0 Å². The Morgan fingerprint density at radius 1 is 1.15 bits per heavy atom. The van der Waals surface area contributed by atoms with E-state index in [4.69, 9.17) is 0 Å². The van der Waals surface area contributed by atoms with Gasteiger partial charge in [0.25, 0.3) is 5.91 Å². The maximum atomic E-state index is 13.3. The van der Waals surface area contributed by atoms with Crippen molar-refractivity contribution in [3.8, 4) is 0 Å². The van der Waals surface area contributed by atoms with E-state index in [9.17, 15) is 9.59 Å². The molecule has 4 rings (SSSR count). The second-order valence-electron chi connectivity index (χ2n) is 7.05. The van der Waals surface area contributed by atoms with Crippen molar-refractivity contribution in [3.63, 3.8) is 0 Å². The predicted octanol–water partition coefficient (Wildman–Crippen LogP) is 0.824. The Bertz CT molecular complexity index is 828. The maximum Gasteiger partial charge on any atom is 0.277 e. The van der Waals surface area contributed by atoms with Gasteiger partial charge in [0.15, 0.2) is 5.69 Å². The number of nitrogens with zero attached hydrogens (tertiary/aromatic N) is 4. The summed E-state index contributed by atoms with van der Waals surface area (Å²) in [6, 6.07) is 9.00. The van der Waals surface area contributed by atoms with Crippen molar-refractivity contribution in [2.24, 2.45) is 0 Å². The van der Waals surface area contributed by atoms with Crippen molar-refractivity contribution >= 4 is 11.8 Å². The van der Waals surface area contributed by atoms with E-state index in [1.54, 1.807) is 4.90 Å². The summed E-state index contributed by atoms with van der Waals surface area (Å²) in [6.45, 7) is 4.65. The van der Waals surface area contributed by atoms with Crippen molar-refractivity contribution < 1.29 is 9.59 Å². The number of aromatic nitrogens is 3. The molecule has 1 atom stereocenters. The first-order valence-electron chi connectivity index (χ1n) is 9.43. The molecule has 142 valence electrons. The number of benzene rings is 1. The average Bonchev–Trinajstić information content (AvgIpc) is 3.10. The fraction of sp³-hybridized carbons (Fsp3) is 0.474. The van der Waals surface area contributed by atoms with Gasteiger partial charge in [-0.05, 0) is 38.4 Å². The summed E-state index contributed by atoms with van der Waals surface area (Å²) in [5.41, 5.74) is 1.90. The molecule has 2 aliphatic rings. The van der Waals surface area contributed by atoms with Crippen molar-refractivity contribution in [3.05, 3.63) is 47.3 Å². The van der Waals surface area contributed by atoms with Crippen LogP contribution in [-0.2, 0) is 4.79 Å². The predicted molar refractivity (Wildman–Crippen MR) is 99.1 cm³/mol. The minimum atomic E-state index is -0.643. The van der Waals surface area contributed by atoms with Crippen LogP contribution < -0.4 is 10.6 Å². The number of hydrogen-bond acceptors (Lipinski definition) is 5. The minimum Gasteiger partial charge on any atom is -0.352 e. The molecule has 2 aromatic rings. The zero-order chi connectivity index (χ0) is 18.8. The summed E-state index contributed by atoms with van der Waals surface area (Å²) in [5.74, 6) is -0.402. The van der Waals surface area contributed by atoms with E-state index < -0.39 is 6.04 Å². The van der Waals surface area contributed by atoms with Gasteiger partial charge in [0.2, 0.25) is 5.91 Å². The molecule has 0 bridgehead atoms. The van der Waals surface area contributed by atoms with Gasteiger partial charge in [0, 0.05) is 13.1 Å². The monoisotopic (exact) mass is 368 g/mol. The van der Waals surface area contributed by atoms with Crippen molar-refractivity contribution in [1.82, 2.24) is 30.5 Å². The van der Waals surface area contributed by atoms with Gasteiger partial charge in [-0.2, -0.15) is 0 Å². The summed E-state index contributed by atoms with van der Waals surface area (Å²) in [4.78, 5) is 27.4. The molecule has 0 saturated carbocycles. The van der Waals surface area contributed by atoms with E-state index >= 15 is 0 Å². The molecular weight excluding hydrogens is 344 g/mol.